The minimum atomic E-state index is -0.701. The summed E-state index contributed by atoms with van der Waals surface area (Å²) in [6, 6.07) is 0. The maximum absolute atomic E-state index is 9.01. The zero-order valence-electron chi connectivity index (χ0n) is 12.9. The molecule has 0 aliphatic carbocycles. The maximum Gasteiger partial charge on any atom is 0.190 e. The molecule has 3 saturated heterocycles. The molecule has 2 unspecified atom stereocenters. The summed E-state index contributed by atoms with van der Waals surface area (Å²) in [5.74, 6) is -1.33. The first-order valence-electron chi connectivity index (χ1n) is 7.37. The fourth-order valence-corrected chi connectivity index (χ4v) is 3.06. The van der Waals surface area contributed by atoms with Crippen molar-refractivity contribution in [3.05, 3.63) is 0 Å². The van der Waals surface area contributed by atoms with E-state index in [0.717, 1.165) is 0 Å². The van der Waals surface area contributed by atoms with E-state index in [-0.39, 0.29) is 37.6 Å². The second kappa shape index (κ2) is 5.42. The average Bonchev–Trinajstić information content (AvgIpc) is 2.96. The van der Waals surface area contributed by atoms with Gasteiger partial charge in [-0.1, -0.05) is 0 Å². The molecular weight excluding hydrogens is 280 g/mol. The Morgan fingerprint density at radius 1 is 1.05 bits per heavy atom. The highest BCUT2D eigenvalue weighted by Crippen LogP contribution is 2.41. The minimum Gasteiger partial charge on any atom is -0.394 e. The highest BCUT2D eigenvalue weighted by molar-refractivity contribution is 4.98. The van der Waals surface area contributed by atoms with Crippen LogP contribution >= 0.6 is 0 Å². The van der Waals surface area contributed by atoms with Crippen LogP contribution in [0.25, 0.3) is 0 Å². The van der Waals surface area contributed by atoms with Gasteiger partial charge in [-0.05, 0) is 27.7 Å². The van der Waals surface area contributed by atoms with Crippen LogP contribution < -0.4 is 0 Å². The van der Waals surface area contributed by atoms with Crippen LogP contribution in [0, 0.1) is 0 Å². The van der Waals surface area contributed by atoms with E-state index in [9.17, 15) is 0 Å². The molecule has 1 N–H and O–H groups in total. The van der Waals surface area contributed by atoms with E-state index < -0.39 is 17.9 Å². The SMILES string of the molecule is CC1(C)OCC([C@H]2O[C@@H]3OC(C)(C)OC3[C@@H]2OCCO)O1. The first-order chi connectivity index (χ1) is 9.81. The van der Waals surface area contributed by atoms with Crippen LogP contribution in [-0.4, -0.2) is 67.2 Å². The number of ether oxygens (including phenoxy) is 6. The fraction of sp³-hybridized carbons (Fsp3) is 1.00. The van der Waals surface area contributed by atoms with E-state index in [1.807, 2.05) is 27.7 Å². The van der Waals surface area contributed by atoms with Gasteiger partial charge in [-0.15, -0.1) is 0 Å². The molecule has 7 nitrogen and oxygen atoms in total. The molecule has 0 spiro atoms. The predicted octanol–water partition coefficient (Wildman–Crippen LogP) is 0.392. The highest BCUT2D eigenvalue weighted by atomic mass is 16.8. The Morgan fingerprint density at radius 2 is 1.81 bits per heavy atom. The molecule has 0 radical (unpaired) electrons. The fourth-order valence-electron chi connectivity index (χ4n) is 3.06. The normalized spacial score (nSPS) is 44.1. The molecule has 0 aromatic rings. The van der Waals surface area contributed by atoms with Crippen molar-refractivity contribution in [3.8, 4) is 0 Å². The lowest BCUT2D eigenvalue weighted by molar-refractivity contribution is -0.236. The molecule has 0 aromatic heterocycles. The number of aliphatic hydroxyl groups excluding tert-OH is 1. The molecule has 0 saturated carbocycles. The Balaban J connectivity index is 1.72. The van der Waals surface area contributed by atoms with Crippen molar-refractivity contribution in [3.63, 3.8) is 0 Å². The average molecular weight is 304 g/mol. The zero-order chi connectivity index (χ0) is 15.3. The zero-order valence-corrected chi connectivity index (χ0v) is 12.9. The molecule has 5 atom stereocenters. The Morgan fingerprint density at radius 3 is 2.43 bits per heavy atom. The van der Waals surface area contributed by atoms with Crippen LogP contribution in [0.4, 0.5) is 0 Å². The monoisotopic (exact) mass is 304 g/mol. The first-order valence-corrected chi connectivity index (χ1v) is 7.37. The number of rotatable bonds is 4. The van der Waals surface area contributed by atoms with Gasteiger partial charge in [0.1, 0.15) is 24.4 Å². The van der Waals surface area contributed by atoms with E-state index in [1.54, 1.807) is 0 Å². The van der Waals surface area contributed by atoms with Crippen molar-refractivity contribution >= 4 is 0 Å². The van der Waals surface area contributed by atoms with Gasteiger partial charge in [-0.3, -0.25) is 0 Å². The first kappa shape index (κ1) is 15.6. The van der Waals surface area contributed by atoms with Crippen LogP contribution in [0.15, 0.2) is 0 Å². The van der Waals surface area contributed by atoms with Gasteiger partial charge < -0.3 is 33.5 Å². The summed E-state index contributed by atoms with van der Waals surface area (Å²) >= 11 is 0. The van der Waals surface area contributed by atoms with Crippen molar-refractivity contribution in [2.45, 2.75) is 70.0 Å². The summed E-state index contributed by atoms with van der Waals surface area (Å²) in [7, 11) is 0. The summed E-state index contributed by atoms with van der Waals surface area (Å²) in [5, 5.41) is 9.01. The molecule has 3 heterocycles. The molecular formula is C14H24O7. The third kappa shape index (κ3) is 3.10. The molecule has 3 aliphatic heterocycles. The lowest BCUT2D eigenvalue weighted by Gasteiger charge is -2.28. The Labute approximate surface area is 124 Å². The summed E-state index contributed by atoms with van der Waals surface area (Å²) in [6.07, 6.45) is -1.76. The van der Waals surface area contributed by atoms with E-state index in [0.29, 0.717) is 6.61 Å². The molecule has 0 aromatic carbocycles. The van der Waals surface area contributed by atoms with Crippen molar-refractivity contribution in [1.29, 1.82) is 0 Å². The van der Waals surface area contributed by atoms with Crippen molar-refractivity contribution in [2.75, 3.05) is 19.8 Å². The van der Waals surface area contributed by atoms with E-state index in [4.69, 9.17) is 33.5 Å². The van der Waals surface area contributed by atoms with Gasteiger partial charge in [-0.25, -0.2) is 0 Å². The quantitative estimate of drug-likeness (QED) is 0.805. The molecule has 0 amide bonds. The maximum atomic E-state index is 9.01. The van der Waals surface area contributed by atoms with Gasteiger partial charge in [0.15, 0.2) is 17.9 Å². The van der Waals surface area contributed by atoms with Gasteiger partial charge in [0, 0.05) is 0 Å². The van der Waals surface area contributed by atoms with E-state index >= 15 is 0 Å². The van der Waals surface area contributed by atoms with Crippen molar-refractivity contribution in [1.82, 2.24) is 0 Å². The lowest BCUT2D eigenvalue weighted by atomic mass is 10.1. The Hall–Kier alpha value is -0.280. The lowest BCUT2D eigenvalue weighted by Crippen LogP contribution is -2.44. The minimum absolute atomic E-state index is 0.0572. The Bertz CT molecular complexity index is 384. The van der Waals surface area contributed by atoms with Gasteiger partial charge in [0.25, 0.3) is 0 Å². The molecule has 122 valence electrons. The van der Waals surface area contributed by atoms with Gasteiger partial charge in [0.2, 0.25) is 0 Å². The Kier molecular flexibility index (Phi) is 4.03. The summed E-state index contributed by atoms with van der Waals surface area (Å²) in [6.45, 7) is 7.99. The molecule has 3 rings (SSSR count). The summed E-state index contributed by atoms with van der Waals surface area (Å²) in [4.78, 5) is 0. The van der Waals surface area contributed by atoms with Crippen molar-refractivity contribution < 1.29 is 33.5 Å². The topological polar surface area (TPSA) is 75.6 Å². The van der Waals surface area contributed by atoms with Gasteiger partial charge >= 0.3 is 0 Å². The molecule has 7 heteroatoms. The number of fused-ring (bicyclic) bond motifs is 1. The highest BCUT2D eigenvalue weighted by Gasteiger charge is 2.58. The van der Waals surface area contributed by atoms with Gasteiger partial charge in [0.05, 0.1) is 19.8 Å². The van der Waals surface area contributed by atoms with Crippen LogP contribution in [0.2, 0.25) is 0 Å². The third-order valence-electron chi connectivity index (χ3n) is 3.83. The van der Waals surface area contributed by atoms with Gasteiger partial charge in [-0.2, -0.15) is 0 Å². The van der Waals surface area contributed by atoms with Crippen LogP contribution in [0.3, 0.4) is 0 Å². The summed E-state index contributed by atoms with van der Waals surface area (Å²) in [5.41, 5.74) is 0. The molecule has 0 bridgehead atoms. The predicted molar refractivity (Wildman–Crippen MR) is 70.4 cm³/mol. The molecule has 21 heavy (non-hydrogen) atoms. The third-order valence-corrected chi connectivity index (χ3v) is 3.83. The second-order valence-corrected chi connectivity index (χ2v) is 6.50. The number of hydrogen-bond donors (Lipinski definition) is 1. The van der Waals surface area contributed by atoms with Crippen LogP contribution in [-0.2, 0) is 28.4 Å². The van der Waals surface area contributed by atoms with E-state index in [2.05, 4.69) is 0 Å². The number of aliphatic hydroxyl groups is 1. The number of hydrogen-bond acceptors (Lipinski definition) is 7. The molecule has 3 fully saturated rings. The van der Waals surface area contributed by atoms with Crippen LogP contribution in [0.5, 0.6) is 0 Å². The second-order valence-electron chi connectivity index (χ2n) is 6.50. The smallest absolute Gasteiger partial charge is 0.190 e. The standard InChI is InChI=1S/C14H24O7/c1-13(2)17-7-8(19-13)9-10(16-6-5-15)11-12(18-9)21-14(3,4)20-11/h8-12,15H,5-7H2,1-4H3/t8?,9-,10-,11?,12-/m1/s1. The van der Waals surface area contributed by atoms with Crippen LogP contribution in [0.1, 0.15) is 27.7 Å². The largest absolute Gasteiger partial charge is 0.394 e. The summed E-state index contributed by atoms with van der Waals surface area (Å²) < 4.78 is 34.8. The van der Waals surface area contributed by atoms with E-state index in [1.165, 1.54) is 0 Å². The van der Waals surface area contributed by atoms with Crippen molar-refractivity contribution in [2.24, 2.45) is 0 Å². The molecule has 3 aliphatic rings.